The van der Waals surface area contributed by atoms with Gasteiger partial charge in [-0.25, -0.2) is 4.39 Å². The van der Waals surface area contributed by atoms with Crippen molar-refractivity contribution in [1.29, 1.82) is 0 Å². The molecule has 1 amide bonds. The van der Waals surface area contributed by atoms with E-state index < -0.39 is 0 Å². The lowest BCUT2D eigenvalue weighted by Crippen LogP contribution is -2.15. The van der Waals surface area contributed by atoms with E-state index in [1.807, 2.05) is 0 Å². The molecule has 0 fully saturated rings. The van der Waals surface area contributed by atoms with Gasteiger partial charge in [0.2, 0.25) is 5.91 Å². The number of benzene rings is 2. The van der Waals surface area contributed by atoms with Gasteiger partial charge >= 0.3 is 0 Å². The highest BCUT2D eigenvalue weighted by Gasteiger charge is 2.13. The van der Waals surface area contributed by atoms with Crippen molar-refractivity contribution in [3.05, 3.63) is 51.7 Å². The Hall–Kier alpha value is -2.08. The first-order valence-electron chi connectivity index (χ1n) is 6.91. The van der Waals surface area contributed by atoms with Crippen LogP contribution in [0.3, 0.4) is 0 Å². The first-order valence-corrected chi connectivity index (χ1v) is 7.70. The van der Waals surface area contributed by atoms with Crippen molar-refractivity contribution in [1.82, 2.24) is 0 Å². The number of aryl methyl sites for hydroxylation is 1. The number of hydrogen-bond donors (Lipinski definition) is 1. The van der Waals surface area contributed by atoms with E-state index in [4.69, 9.17) is 9.47 Å². The molecule has 6 heteroatoms. The van der Waals surface area contributed by atoms with Crippen LogP contribution in [0.1, 0.15) is 11.1 Å². The summed E-state index contributed by atoms with van der Waals surface area (Å²) < 4.78 is 24.3. The minimum atomic E-state index is -0.330. The molecule has 2 rings (SSSR count). The van der Waals surface area contributed by atoms with Crippen molar-refractivity contribution in [3.8, 4) is 11.5 Å². The lowest BCUT2D eigenvalue weighted by molar-refractivity contribution is -0.115. The summed E-state index contributed by atoms with van der Waals surface area (Å²) in [4.78, 5) is 12.2. The number of methoxy groups -OCH3 is 2. The van der Waals surface area contributed by atoms with Crippen LogP contribution in [-0.4, -0.2) is 20.1 Å². The van der Waals surface area contributed by atoms with Crippen molar-refractivity contribution in [2.45, 2.75) is 13.3 Å². The Morgan fingerprint density at radius 1 is 1.17 bits per heavy atom. The number of carbonyl (C=O) groups excluding carboxylic acids is 1. The Bertz CT molecular complexity index is 734. The van der Waals surface area contributed by atoms with Crippen molar-refractivity contribution < 1.29 is 18.7 Å². The quantitative estimate of drug-likeness (QED) is 0.847. The molecule has 0 radical (unpaired) electrons. The number of halogens is 2. The summed E-state index contributed by atoms with van der Waals surface area (Å²) in [6.45, 7) is 1.74. The molecule has 0 unspecified atom stereocenters. The van der Waals surface area contributed by atoms with Gasteiger partial charge in [0, 0.05) is 10.2 Å². The highest BCUT2D eigenvalue weighted by atomic mass is 79.9. The average Bonchev–Trinajstić information content (AvgIpc) is 2.51. The molecule has 2 aromatic rings. The van der Waals surface area contributed by atoms with E-state index in [-0.39, 0.29) is 18.1 Å². The molecule has 23 heavy (non-hydrogen) atoms. The summed E-state index contributed by atoms with van der Waals surface area (Å²) in [5.41, 5.74) is 2.03. The van der Waals surface area contributed by atoms with Gasteiger partial charge in [0.05, 0.1) is 20.6 Å². The second-order valence-corrected chi connectivity index (χ2v) is 5.84. The molecule has 4 nitrogen and oxygen atoms in total. The van der Waals surface area contributed by atoms with Gasteiger partial charge in [-0.2, -0.15) is 0 Å². The summed E-state index contributed by atoms with van der Waals surface area (Å²) in [6.07, 6.45) is 0.151. The molecule has 0 saturated carbocycles. The minimum Gasteiger partial charge on any atom is -0.493 e. The van der Waals surface area contributed by atoms with E-state index in [9.17, 15) is 9.18 Å². The topological polar surface area (TPSA) is 47.6 Å². The smallest absolute Gasteiger partial charge is 0.228 e. The number of carbonyl (C=O) groups is 1. The molecule has 0 atom stereocenters. The normalized spacial score (nSPS) is 10.3. The molecule has 0 heterocycles. The standard InChI is InChI=1S/C17H17BrFNO3/c1-10-6-12(19)4-5-14(10)20-17(21)8-11-7-15(22-2)16(23-3)9-13(11)18/h4-7,9H,8H2,1-3H3,(H,20,21). The average molecular weight is 382 g/mol. The third-order valence-corrected chi connectivity index (χ3v) is 4.10. The molecular weight excluding hydrogens is 365 g/mol. The molecule has 1 N–H and O–H groups in total. The SMILES string of the molecule is COc1cc(Br)c(CC(=O)Nc2ccc(F)cc2C)cc1OC. The van der Waals surface area contributed by atoms with Crippen LogP contribution in [0.25, 0.3) is 0 Å². The van der Waals surface area contributed by atoms with Gasteiger partial charge in [-0.1, -0.05) is 15.9 Å². The number of rotatable bonds is 5. The summed E-state index contributed by atoms with van der Waals surface area (Å²) in [6, 6.07) is 7.74. The van der Waals surface area contributed by atoms with Gasteiger partial charge < -0.3 is 14.8 Å². The summed E-state index contributed by atoms with van der Waals surface area (Å²) in [5, 5.41) is 2.78. The second-order valence-electron chi connectivity index (χ2n) is 4.98. The monoisotopic (exact) mass is 381 g/mol. The summed E-state index contributed by atoms with van der Waals surface area (Å²) >= 11 is 3.42. The fourth-order valence-electron chi connectivity index (χ4n) is 2.17. The molecule has 0 bridgehead atoms. The number of amides is 1. The zero-order valence-electron chi connectivity index (χ0n) is 13.1. The number of anilines is 1. The summed E-state index contributed by atoms with van der Waals surface area (Å²) in [7, 11) is 3.09. The molecule has 0 saturated heterocycles. The van der Waals surface area contributed by atoms with Crippen LogP contribution in [0.2, 0.25) is 0 Å². The summed E-state index contributed by atoms with van der Waals surface area (Å²) in [5.74, 6) is 0.602. The van der Waals surface area contributed by atoms with Crippen molar-refractivity contribution >= 4 is 27.5 Å². The lowest BCUT2D eigenvalue weighted by atomic mass is 10.1. The van der Waals surface area contributed by atoms with Gasteiger partial charge in [-0.15, -0.1) is 0 Å². The Labute approximate surface area is 142 Å². The zero-order chi connectivity index (χ0) is 17.0. The second kappa shape index (κ2) is 7.46. The number of hydrogen-bond acceptors (Lipinski definition) is 3. The molecule has 0 aliphatic carbocycles. The lowest BCUT2D eigenvalue weighted by Gasteiger charge is -2.13. The molecule has 0 aliphatic rings. The van der Waals surface area contributed by atoms with E-state index in [2.05, 4.69) is 21.2 Å². The first-order chi connectivity index (χ1) is 10.9. The minimum absolute atomic E-state index is 0.151. The number of ether oxygens (including phenoxy) is 2. The molecule has 2 aromatic carbocycles. The van der Waals surface area contributed by atoms with E-state index in [1.54, 1.807) is 32.2 Å². The molecule has 0 spiro atoms. The van der Waals surface area contributed by atoms with Crippen LogP contribution < -0.4 is 14.8 Å². The first kappa shape index (κ1) is 17.3. The van der Waals surface area contributed by atoms with Crippen LogP contribution in [-0.2, 0) is 11.2 Å². The van der Waals surface area contributed by atoms with Gasteiger partial charge in [0.15, 0.2) is 11.5 Å². The van der Waals surface area contributed by atoms with E-state index in [0.29, 0.717) is 22.7 Å². The van der Waals surface area contributed by atoms with Crippen LogP contribution in [0.5, 0.6) is 11.5 Å². The number of nitrogens with one attached hydrogen (secondary N) is 1. The molecule has 0 aliphatic heterocycles. The van der Waals surface area contributed by atoms with Gasteiger partial charge in [0.1, 0.15) is 5.82 Å². The fourth-order valence-corrected chi connectivity index (χ4v) is 2.63. The van der Waals surface area contributed by atoms with E-state index >= 15 is 0 Å². The molecular formula is C17H17BrFNO3. The molecule has 0 aromatic heterocycles. The predicted molar refractivity (Wildman–Crippen MR) is 90.7 cm³/mol. The van der Waals surface area contributed by atoms with Crippen molar-refractivity contribution in [2.24, 2.45) is 0 Å². The van der Waals surface area contributed by atoms with Crippen LogP contribution in [0.15, 0.2) is 34.8 Å². The largest absolute Gasteiger partial charge is 0.493 e. The van der Waals surface area contributed by atoms with Gasteiger partial charge in [-0.05, 0) is 48.4 Å². The maximum Gasteiger partial charge on any atom is 0.228 e. The third-order valence-electron chi connectivity index (χ3n) is 3.37. The van der Waals surface area contributed by atoms with Gasteiger partial charge in [0.25, 0.3) is 0 Å². The zero-order valence-corrected chi connectivity index (χ0v) is 14.7. The predicted octanol–water partition coefficient (Wildman–Crippen LogP) is 4.10. The van der Waals surface area contributed by atoms with Crippen molar-refractivity contribution in [2.75, 3.05) is 19.5 Å². The van der Waals surface area contributed by atoms with Crippen molar-refractivity contribution in [3.63, 3.8) is 0 Å². The maximum atomic E-state index is 13.1. The maximum absolute atomic E-state index is 13.1. The fraction of sp³-hybridized carbons (Fsp3) is 0.235. The third kappa shape index (κ3) is 4.22. The van der Waals surface area contributed by atoms with E-state index in [1.165, 1.54) is 19.2 Å². The van der Waals surface area contributed by atoms with E-state index in [0.717, 1.165) is 10.0 Å². The Balaban J connectivity index is 2.17. The highest BCUT2D eigenvalue weighted by molar-refractivity contribution is 9.10. The van der Waals surface area contributed by atoms with Crippen LogP contribution in [0, 0.1) is 12.7 Å². The molecule has 122 valence electrons. The van der Waals surface area contributed by atoms with Gasteiger partial charge in [-0.3, -0.25) is 4.79 Å². The Kier molecular flexibility index (Phi) is 5.60. The highest BCUT2D eigenvalue weighted by Crippen LogP contribution is 2.33. The van der Waals surface area contributed by atoms with Crippen LogP contribution in [0.4, 0.5) is 10.1 Å². The Morgan fingerprint density at radius 3 is 2.43 bits per heavy atom. The van der Waals surface area contributed by atoms with Crippen LogP contribution >= 0.6 is 15.9 Å². The Morgan fingerprint density at radius 2 is 1.83 bits per heavy atom.